The average molecular weight is 235 g/mol. The second kappa shape index (κ2) is 4.09. The van der Waals surface area contributed by atoms with Gasteiger partial charge in [0.1, 0.15) is 0 Å². The van der Waals surface area contributed by atoms with Crippen LogP contribution in [-0.4, -0.2) is 9.55 Å². The third-order valence-electron chi connectivity index (χ3n) is 2.33. The van der Waals surface area contributed by atoms with E-state index in [1.54, 1.807) is 22.2 Å². The van der Waals surface area contributed by atoms with Crippen LogP contribution in [0.15, 0.2) is 28.5 Å². The number of hydrogen-bond donors (Lipinski definition) is 1. The second-order valence-corrected chi connectivity index (χ2v) is 4.69. The normalized spacial score (nSPS) is 10.9. The van der Waals surface area contributed by atoms with Gasteiger partial charge in [0, 0.05) is 17.6 Å². The molecule has 0 atom stereocenters. The molecule has 0 radical (unpaired) electrons. The van der Waals surface area contributed by atoms with Gasteiger partial charge in [0.15, 0.2) is 5.13 Å². The van der Waals surface area contributed by atoms with Crippen LogP contribution in [0.5, 0.6) is 0 Å². The molecule has 0 saturated carbocycles. The van der Waals surface area contributed by atoms with Gasteiger partial charge in [-0.05, 0) is 26.0 Å². The van der Waals surface area contributed by atoms with E-state index in [2.05, 4.69) is 4.98 Å². The number of nitrogens with zero attached hydrogens (tertiary/aromatic N) is 2. The highest BCUT2D eigenvalue weighted by atomic mass is 32.1. The molecule has 2 aromatic rings. The molecule has 2 heterocycles. The SMILES string of the molecule is CC(C)n1cccc(-c2csc(N)n2)c1=O. The molecule has 0 aliphatic carbocycles. The van der Waals surface area contributed by atoms with E-state index in [-0.39, 0.29) is 11.6 Å². The molecule has 0 aliphatic heterocycles. The summed E-state index contributed by atoms with van der Waals surface area (Å²) in [5.41, 5.74) is 6.79. The Labute approximate surface area is 97.4 Å². The molecular formula is C11H13N3OS. The van der Waals surface area contributed by atoms with Crippen molar-refractivity contribution in [3.8, 4) is 11.3 Å². The highest BCUT2D eigenvalue weighted by Gasteiger charge is 2.10. The van der Waals surface area contributed by atoms with Gasteiger partial charge in [0.05, 0.1) is 11.3 Å². The number of anilines is 1. The van der Waals surface area contributed by atoms with E-state index < -0.39 is 0 Å². The molecule has 84 valence electrons. The molecule has 0 unspecified atom stereocenters. The van der Waals surface area contributed by atoms with Crippen LogP contribution in [0.2, 0.25) is 0 Å². The lowest BCUT2D eigenvalue weighted by Gasteiger charge is -2.10. The Bertz CT molecular complexity index is 556. The van der Waals surface area contributed by atoms with Crippen LogP contribution in [0.25, 0.3) is 11.3 Å². The maximum absolute atomic E-state index is 12.1. The molecule has 0 aliphatic rings. The summed E-state index contributed by atoms with van der Waals surface area (Å²) in [6.45, 7) is 3.95. The molecule has 0 bridgehead atoms. The molecule has 16 heavy (non-hydrogen) atoms. The Morgan fingerprint density at radius 3 is 2.81 bits per heavy atom. The van der Waals surface area contributed by atoms with Gasteiger partial charge in [-0.3, -0.25) is 4.79 Å². The molecule has 0 amide bonds. The highest BCUT2D eigenvalue weighted by molar-refractivity contribution is 7.13. The van der Waals surface area contributed by atoms with Gasteiger partial charge in [-0.1, -0.05) is 0 Å². The molecule has 0 aromatic carbocycles. The van der Waals surface area contributed by atoms with Crippen LogP contribution in [-0.2, 0) is 0 Å². The first-order valence-corrected chi connectivity index (χ1v) is 5.90. The smallest absolute Gasteiger partial charge is 0.260 e. The lowest BCUT2D eigenvalue weighted by atomic mass is 10.2. The summed E-state index contributed by atoms with van der Waals surface area (Å²) in [6.07, 6.45) is 1.78. The third kappa shape index (κ3) is 1.86. The molecule has 0 fully saturated rings. The van der Waals surface area contributed by atoms with Gasteiger partial charge >= 0.3 is 0 Å². The average Bonchev–Trinajstić information content (AvgIpc) is 2.64. The van der Waals surface area contributed by atoms with Gasteiger partial charge in [-0.25, -0.2) is 4.98 Å². The van der Waals surface area contributed by atoms with Crippen LogP contribution < -0.4 is 11.3 Å². The topological polar surface area (TPSA) is 60.9 Å². The standard InChI is InChI=1S/C11H13N3OS/c1-7(2)14-5-3-4-8(10(14)15)9-6-16-11(12)13-9/h3-7H,1-2H3,(H2,12,13). The minimum Gasteiger partial charge on any atom is -0.375 e. The fraction of sp³-hybridized carbons (Fsp3) is 0.273. The Kier molecular flexibility index (Phi) is 2.78. The van der Waals surface area contributed by atoms with Crippen molar-refractivity contribution in [2.45, 2.75) is 19.9 Å². The van der Waals surface area contributed by atoms with Gasteiger partial charge in [0.2, 0.25) is 0 Å². The fourth-order valence-corrected chi connectivity index (χ4v) is 2.09. The van der Waals surface area contributed by atoms with Crippen LogP contribution in [0, 0.1) is 0 Å². The number of pyridine rings is 1. The van der Waals surface area contributed by atoms with E-state index in [4.69, 9.17) is 5.73 Å². The molecule has 2 N–H and O–H groups in total. The molecule has 0 spiro atoms. The highest BCUT2D eigenvalue weighted by Crippen LogP contribution is 2.20. The van der Waals surface area contributed by atoms with Crippen LogP contribution in [0.3, 0.4) is 0 Å². The first-order chi connectivity index (χ1) is 7.59. The minimum atomic E-state index is -0.0252. The Morgan fingerprint density at radius 1 is 1.50 bits per heavy atom. The first-order valence-electron chi connectivity index (χ1n) is 5.02. The van der Waals surface area contributed by atoms with Crippen LogP contribution in [0.1, 0.15) is 19.9 Å². The van der Waals surface area contributed by atoms with E-state index in [1.165, 1.54) is 11.3 Å². The summed E-state index contributed by atoms with van der Waals surface area (Å²) in [5.74, 6) is 0. The van der Waals surface area contributed by atoms with E-state index in [1.807, 2.05) is 19.9 Å². The maximum atomic E-state index is 12.1. The molecule has 0 saturated heterocycles. The quantitative estimate of drug-likeness (QED) is 0.867. The number of aromatic nitrogens is 2. The maximum Gasteiger partial charge on any atom is 0.260 e. The van der Waals surface area contributed by atoms with E-state index in [0.717, 1.165) is 0 Å². The predicted molar refractivity (Wildman–Crippen MR) is 66.6 cm³/mol. The van der Waals surface area contributed by atoms with Crippen molar-refractivity contribution >= 4 is 16.5 Å². The van der Waals surface area contributed by atoms with Crippen LogP contribution >= 0.6 is 11.3 Å². The molecule has 4 nitrogen and oxygen atoms in total. The number of thiazole rings is 1. The summed E-state index contributed by atoms with van der Waals surface area (Å²) < 4.78 is 1.69. The van der Waals surface area contributed by atoms with Crippen molar-refractivity contribution in [2.75, 3.05) is 5.73 Å². The molecular weight excluding hydrogens is 222 g/mol. The molecule has 2 aromatic heterocycles. The summed E-state index contributed by atoms with van der Waals surface area (Å²) in [7, 11) is 0. The van der Waals surface area contributed by atoms with Crippen molar-refractivity contribution in [3.05, 3.63) is 34.1 Å². The lowest BCUT2D eigenvalue weighted by molar-refractivity contribution is 0.579. The van der Waals surface area contributed by atoms with E-state index in [0.29, 0.717) is 16.4 Å². The van der Waals surface area contributed by atoms with Crippen molar-refractivity contribution in [1.29, 1.82) is 0 Å². The zero-order valence-corrected chi connectivity index (χ0v) is 9.99. The van der Waals surface area contributed by atoms with Crippen molar-refractivity contribution in [2.24, 2.45) is 0 Å². The van der Waals surface area contributed by atoms with Crippen molar-refractivity contribution in [1.82, 2.24) is 9.55 Å². The van der Waals surface area contributed by atoms with Crippen molar-refractivity contribution in [3.63, 3.8) is 0 Å². The second-order valence-electron chi connectivity index (χ2n) is 3.80. The number of rotatable bonds is 2. The molecule has 5 heteroatoms. The van der Waals surface area contributed by atoms with Crippen molar-refractivity contribution < 1.29 is 0 Å². The van der Waals surface area contributed by atoms with Gasteiger partial charge < -0.3 is 10.3 Å². The first kappa shape index (κ1) is 10.9. The fourth-order valence-electron chi connectivity index (χ4n) is 1.52. The zero-order chi connectivity index (χ0) is 11.7. The monoisotopic (exact) mass is 235 g/mol. The summed E-state index contributed by atoms with van der Waals surface area (Å²) >= 11 is 1.34. The van der Waals surface area contributed by atoms with Crippen LogP contribution in [0.4, 0.5) is 5.13 Å². The summed E-state index contributed by atoms with van der Waals surface area (Å²) in [6, 6.07) is 3.77. The minimum absolute atomic E-state index is 0.0252. The Hall–Kier alpha value is -1.62. The number of hydrogen-bond acceptors (Lipinski definition) is 4. The Balaban J connectivity index is 2.59. The van der Waals surface area contributed by atoms with E-state index >= 15 is 0 Å². The lowest BCUT2D eigenvalue weighted by Crippen LogP contribution is -2.22. The third-order valence-corrected chi connectivity index (χ3v) is 3.00. The number of nitrogens with two attached hydrogens (primary N) is 1. The van der Waals surface area contributed by atoms with E-state index in [9.17, 15) is 4.79 Å². The van der Waals surface area contributed by atoms with Gasteiger partial charge in [-0.2, -0.15) is 0 Å². The summed E-state index contributed by atoms with van der Waals surface area (Å²) in [4.78, 5) is 16.2. The summed E-state index contributed by atoms with van der Waals surface area (Å²) in [5, 5.41) is 2.28. The zero-order valence-electron chi connectivity index (χ0n) is 9.18. The number of nitrogen functional groups attached to an aromatic ring is 1. The Morgan fingerprint density at radius 2 is 2.25 bits per heavy atom. The van der Waals surface area contributed by atoms with Gasteiger partial charge in [-0.15, -0.1) is 11.3 Å². The largest absolute Gasteiger partial charge is 0.375 e. The predicted octanol–water partition coefficient (Wildman–Crippen LogP) is 2.13. The molecule has 2 rings (SSSR count). The van der Waals surface area contributed by atoms with Gasteiger partial charge in [0.25, 0.3) is 5.56 Å².